The molecule has 0 saturated carbocycles. The highest BCUT2D eigenvalue weighted by Crippen LogP contribution is 2.21. The zero-order chi connectivity index (χ0) is 17.1. The van der Waals surface area contributed by atoms with Crippen LogP contribution < -0.4 is 5.32 Å². The van der Waals surface area contributed by atoms with Crippen molar-refractivity contribution in [3.63, 3.8) is 0 Å². The van der Waals surface area contributed by atoms with Gasteiger partial charge in [0.05, 0.1) is 18.4 Å². The fraction of sp³-hybridized carbons (Fsp3) is 0.316. The molecule has 1 fully saturated rings. The summed E-state index contributed by atoms with van der Waals surface area (Å²) in [6, 6.07) is 12.0. The Morgan fingerprint density at radius 1 is 1.24 bits per heavy atom. The maximum atomic E-state index is 5.86. The van der Waals surface area contributed by atoms with Crippen molar-refractivity contribution >= 4 is 0 Å². The molecule has 1 saturated heterocycles. The molecule has 1 N–H and O–H groups in total. The van der Waals surface area contributed by atoms with E-state index >= 15 is 0 Å². The molecular weight excluding hydrogens is 314 g/mol. The summed E-state index contributed by atoms with van der Waals surface area (Å²) in [6.45, 7) is 4.51. The summed E-state index contributed by atoms with van der Waals surface area (Å²) in [6.07, 6.45) is 4.47. The molecule has 3 aromatic rings. The van der Waals surface area contributed by atoms with Crippen LogP contribution in [0.3, 0.4) is 0 Å². The number of hydrogen-bond acceptors (Lipinski definition) is 5. The number of pyridine rings is 1. The highest BCUT2D eigenvalue weighted by molar-refractivity contribution is 5.55. The van der Waals surface area contributed by atoms with Gasteiger partial charge in [-0.2, -0.15) is 0 Å². The topological polar surface area (TPSA) is 64.9 Å². The van der Waals surface area contributed by atoms with Crippen molar-refractivity contribution in [3.05, 3.63) is 60.2 Å². The summed E-state index contributed by atoms with van der Waals surface area (Å²) in [5.41, 5.74) is 3.08. The van der Waals surface area contributed by atoms with Gasteiger partial charge in [0.2, 0.25) is 0 Å². The molecule has 2 aromatic heterocycles. The molecule has 1 atom stereocenters. The van der Waals surface area contributed by atoms with Gasteiger partial charge in [-0.05, 0) is 18.6 Å². The Kier molecular flexibility index (Phi) is 4.54. The van der Waals surface area contributed by atoms with Crippen LogP contribution in [0.2, 0.25) is 0 Å². The number of nitrogens with one attached hydrogen (secondary N) is 1. The van der Waals surface area contributed by atoms with Gasteiger partial charge in [0, 0.05) is 37.5 Å². The van der Waals surface area contributed by atoms with E-state index in [4.69, 9.17) is 14.8 Å². The average molecular weight is 335 g/mol. The van der Waals surface area contributed by atoms with E-state index in [1.165, 1.54) is 0 Å². The molecule has 6 nitrogen and oxygen atoms in total. The van der Waals surface area contributed by atoms with E-state index in [1.54, 1.807) is 6.20 Å². The molecular formula is C19H21N5O. The fourth-order valence-electron chi connectivity index (χ4n) is 3.04. The third kappa shape index (κ3) is 3.45. The highest BCUT2D eigenvalue weighted by atomic mass is 16.5. The van der Waals surface area contributed by atoms with Crippen LogP contribution in [-0.4, -0.2) is 45.5 Å². The van der Waals surface area contributed by atoms with Crippen LogP contribution in [0.25, 0.3) is 17.1 Å². The van der Waals surface area contributed by atoms with Crippen molar-refractivity contribution in [1.82, 2.24) is 25.1 Å². The normalized spacial score (nSPS) is 17.6. The Balaban J connectivity index is 1.74. The van der Waals surface area contributed by atoms with Crippen molar-refractivity contribution in [3.8, 4) is 17.1 Å². The number of ether oxygens (including phenoxy) is 1. The lowest BCUT2D eigenvalue weighted by molar-refractivity contribution is 0.0277. The largest absolute Gasteiger partial charge is 0.375 e. The molecule has 128 valence electrons. The van der Waals surface area contributed by atoms with Gasteiger partial charge in [-0.3, -0.25) is 4.98 Å². The van der Waals surface area contributed by atoms with Crippen molar-refractivity contribution in [2.45, 2.75) is 19.4 Å². The van der Waals surface area contributed by atoms with Crippen molar-refractivity contribution in [1.29, 1.82) is 0 Å². The molecule has 0 bridgehead atoms. The minimum atomic E-state index is 0.113. The first-order valence-corrected chi connectivity index (χ1v) is 8.56. The molecule has 1 aliphatic rings. The second kappa shape index (κ2) is 7.13. The lowest BCUT2D eigenvalue weighted by atomic mass is 10.2. The van der Waals surface area contributed by atoms with Crippen LogP contribution in [0, 0.1) is 6.92 Å². The predicted octanol–water partition coefficient (Wildman–Crippen LogP) is 2.17. The van der Waals surface area contributed by atoms with Crippen LogP contribution in [0.15, 0.2) is 48.8 Å². The van der Waals surface area contributed by atoms with Crippen LogP contribution in [-0.2, 0) is 11.2 Å². The Bertz CT molecular complexity index is 840. The monoisotopic (exact) mass is 335 g/mol. The van der Waals surface area contributed by atoms with Gasteiger partial charge in [0.1, 0.15) is 5.82 Å². The van der Waals surface area contributed by atoms with E-state index in [-0.39, 0.29) is 6.10 Å². The van der Waals surface area contributed by atoms with E-state index < -0.39 is 0 Å². The van der Waals surface area contributed by atoms with E-state index in [0.29, 0.717) is 6.42 Å². The molecule has 0 aliphatic carbocycles. The Morgan fingerprint density at radius 3 is 2.88 bits per heavy atom. The zero-order valence-corrected chi connectivity index (χ0v) is 14.2. The minimum absolute atomic E-state index is 0.113. The van der Waals surface area contributed by atoms with Gasteiger partial charge in [-0.25, -0.2) is 9.67 Å². The van der Waals surface area contributed by atoms with Crippen LogP contribution in [0.1, 0.15) is 11.4 Å². The first kappa shape index (κ1) is 15.9. The van der Waals surface area contributed by atoms with Gasteiger partial charge < -0.3 is 10.1 Å². The second-order valence-corrected chi connectivity index (χ2v) is 6.19. The summed E-state index contributed by atoms with van der Waals surface area (Å²) in [5.74, 6) is 1.64. The van der Waals surface area contributed by atoms with E-state index in [2.05, 4.69) is 10.3 Å². The number of benzene rings is 1. The second-order valence-electron chi connectivity index (χ2n) is 6.19. The zero-order valence-electron chi connectivity index (χ0n) is 14.2. The number of rotatable bonds is 4. The predicted molar refractivity (Wildman–Crippen MR) is 95.6 cm³/mol. The number of hydrogen-bond donors (Lipinski definition) is 1. The summed E-state index contributed by atoms with van der Waals surface area (Å²) in [4.78, 5) is 9.00. The number of aromatic nitrogens is 4. The molecule has 6 heteroatoms. The number of aryl methyl sites for hydroxylation is 1. The third-order valence-electron chi connectivity index (χ3n) is 4.34. The third-order valence-corrected chi connectivity index (χ3v) is 4.34. The lowest BCUT2D eigenvalue weighted by Gasteiger charge is -2.23. The summed E-state index contributed by atoms with van der Waals surface area (Å²) in [7, 11) is 0. The molecule has 0 amide bonds. The van der Waals surface area contributed by atoms with Crippen molar-refractivity contribution in [2.75, 3.05) is 19.7 Å². The summed E-state index contributed by atoms with van der Waals surface area (Å²) in [5, 5.41) is 8.15. The van der Waals surface area contributed by atoms with E-state index in [1.807, 2.05) is 54.2 Å². The molecule has 25 heavy (non-hydrogen) atoms. The summed E-state index contributed by atoms with van der Waals surface area (Å²) >= 11 is 0. The summed E-state index contributed by atoms with van der Waals surface area (Å²) < 4.78 is 7.79. The number of nitrogens with zero attached hydrogens (tertiary/aromatic N) is 4. The molecule has 0 radical (unpaired) electrons. The molecule has 1 aliphatic heterocycles. The first-order valence-electron chi connectivity index (χ1n) is 8.56. The molecule has 4 rings (SSSR count). The van der Waals surface area contributed by atoms with Gasteiger partial charge in [0.15, 0.2) is 5.82 Å². The quantitative estimate of drug-likeness (QED) is 0.792. The fourth-order valence-corrected chi connectivity index (χ4v) is 3.04. The molecule has 0 unspecified atom stereocenters. The number of morpholine rings is 1. The van der Waals surface area contributed by atoms with Crippen LogP contribution in [0.5, 0.6) is 0 Å². The van der Waals surface area contributed by atoms with Gasteiger partial charge in [-0.1, -0.05) is 30.3 Å². The Hall–Kier alpha value is -2.57. The van der Waals surface area contributed by atoms with E-state index in [0.717, 1.165) is 48.2 Å². The Morgan fingerprint density at radius 2 is 2.12 bits per heavy atom. The highest BCUT2D eigenvalue weighted by Gasteiger charge is 2.20. The van der Waals surface area contributed by atoms with Crippen molar-refractivity contribution < 1.29 is 4.74 Å². The SMILES string of the molecule is Cc1cnccc1-n1nc(-c2ccccc2)nc1C[C@@H]1CNCCO1. The van der Waals surface area contributed by atoms with Gasteiger partial charge >= 0.3 is 0 Å². The average Bonchev–Trinajstić information content (AvgIpc) is 3.07. The Labute approximate surface area is 146 Å². The van der Waals surface area contributed by atoms with Crippen molar-refractivity contribution in [2.24, 2.45) is 0 Å². The van der Waals surface area contributed by atoms with Crippen LogP contribution in [0.4, 0.5) is 0 Å². The first-order chi connectivity index (χ1) is 12.3. The standard InChI is InChI=1S/C19H21N5O/c1-14-12-20-8-7-17(14)24-18(11-16-13-21-9-10-25-16)22-19(23-24)15-5-3-2-4-6-15/h2-8,12,16,21H,9-11,13H2,1H3/t16-/m1/s1. The minimum Gasteiger partial charge on any atom is -0.375 e. The maximum Gasteiger partial charge on any atom is 0.181 e. The maximum absolute atomic E-state index is 5.86. The van der Waals surface area contributed by atoms with Gasteiger partial charge in [-0.15, -0.1) is 5.10 Å². The van der Waals surface area contributed by atoms with Crippen LogP contribution >= 0.6 is 0 Å². The smallest absolute Gasteiger partial charge is 0.181 e. The molecule has 3 heterocycles. The van der Waals surface area contributed by atoms with Gasteiger partial charge in [0.25, 0.3) is 0 Å². The lowest BCUT2D eigenvalue weighted by Crippen LogP contribution is -2.40. The molecule has 1 aromatic carbocycles. The molecule has 0 spiro atoms. The van der Waals surface area contributed by atoms with E-state index in [9.17, 15) is 0 Å².